The summed E-state index contributed by atoms with van der Waals surface area (Å²) in [4.78, 5) is 37.4. The van der Waals surface area contributed by atoms with E-state index in [2.05, 4.69) is 4.98 Å². The first kappa shape index (κ1) is 14.7. The van der Waals surface area contributed by atoms with Crippen LogP contribution >= 0.6 is 0 Å². The second-order valence-corrected chi connectivity index (χ2v) is 5.02. The average molecular weight is 292 g/mol. The van der Waals surface area contributed by atoms with Crippen molar-refractivity contribution in [3.05, 3.63) is 68.2 Å². The smallest absolute Gasteiger partial charge is 0.342 e. The Labute approximate surface area is 118 Å². The van der Waals surface area contributed by atoms with Crippen molar-refractivity contribution in [1.29, 1.82) is 0 Å². The van der Waals surface area contributed by atoms with Gasteiger partial charge < -0.3 is 10.1 Å². The first-order valence-corrected chi connectivity index (χ1v) is 6.09. The Morgan fingerprint density at radius 3 is 2.33 bits per heavy atom. The van der Waals surface area contributed by atoms with Crippen LogP contribution in [0.2, 0.25) is 0 Å². The number of hydrogen-bond donors (Lipinski definition) is 2. The molecule has 2 N–H and O–H groups in total. The highest BCUT2D eigenvalue weighted by Gasteiger charge is 2.28. The lowest BCUT2D eigenvalue weighted by Gasteiger charge is -2.27. The van der Waals surface area contributed by atoms with E-state index in [0.717, 1.165) is 10.8 Å². The molecule has 7 heteroatoms. The van der Waals surface area contributed by atoms with Crippen molar-refractivity contribution < 1.29 is 14.3 Å². The van der Waals surface area contributed by atoms with Crippen molar-refractivity contribution >= 4 is 5.97 Å². The van der Waals surface area contributed by atoms with E-state index in [9.17, 15) is 18.8 Å². The largest absolute Gasteiger partial charge is 0.477 e. The fourth-order valence-corrected chi connectivity index (χ4v) is 2.12. The van der Waals surface area contributed by atoms with Gasteiger partial charge in [0.2, 0.25) is 0 Å². The zero-order valence-electron chi connectivity index (χ0n) is 11.4. The lowest BCUT2D eigenvalue weighted by Crippen LogP contribution is -2.48. The minimum absolute atomic E-state index is 0.449. The Hall–Kier alpha value is -2.70. The van der Waals surface area contributed by atoms with Crippen molar-refractivity contribution in [3.63, 3.8) is 0 Å². The van der Waals surface area contributed by atoms with Crippen LogP contribution in [-0.2, 0) is 5.54 Å². The molecule has 2 aromatic rings. The van der Waals surface area contributed by atoms with Gasteiger partial charge in [-0.1, -0.05) is 12.1 Å². The van der Waals surface area contributed by atoms with Gasteiger partial charge in [0.25, 0.3) is 5.56 Å². The van der Waals surface area contributed by atoms with E-state index in [1.54, 1.807) is 13.8 Å². The molecule has 0 spiro atoms. The SMILES string of the molecule is CC(C)(c1ccc(F)cc1)n1c(=O)[nH]cc(C(=O)O)c1=O. The molecule has 21 heavy (non-hydrogen) atoms. The number of H-pyrrole nitrogens is 1. The summed E-state index contributed by atoms with van der Waals surface area (Å²) in [6.45, 7) is 3.14. The number of carboxylic acid groups (broad SMARTS) is 1. The van der Waals surface area contributed by atoms with Crippen molar-refractivity contribution in [3.8, 4) is 0 Å². The molecule has 0 bridgehead atoms. The summed E-state index contributed by atoms with van der Waals surface area (Å²) in [6, 6.07) is 5.29. The normalized spacial score (nSPS) is 11.4. The topological polar surface area (TPSA) is 92.2 Å². The van der Waals surface area contributed by atoms with Crippen molar-refractivity contribution in [2.45, 2.75) is 19.4 Å². The number of aromatic nitrogens is 2. The molecule has 0 atom stereocenters. The third kappa shape index (κ3) is 2.49. The molecule has 0 radical (unpaired) electrons. The highest BCUT2D eigenvalue weighted by Crippen LogP contribution is 2.22. The van der Waals surface area contributed by atoms with Crippen LogP contribution in [0.25, 0.3) is 0 Å². The van der Waals surface area contributed by atoms with E-state index in [4.69, 9.17) is 5.11 Å². The van der Waals surface area contributed by atoms with Gasteiger partial charge in [-0.05, 0) is 31.5 Å². The van der Waals surface area contributed by atoms with Gasteiger partial charge in [-0.3, -0.25) is 4.79 Å². The molecule has 1 aromatic carbocycles. The Morgan fingerprint density at radius 1 is 1.24 bits per heavy atom. The highest BCUT2D eigenvalue weighted by molar-refractivity contribution is 5.86. The van der Waals surface area contributed by atoms with Gasteiger partial charge in [0.1, 0.15) is 11.4 Å². The van der Waals surface area contributed by atoms with Crippen LogP contribution in [0.4, 0.5) is 4.39 Å². The van der Waals surface area contributed by atoms with Crippen molar-refractivity contribution in [2.24, 2.45) is 0 Å². The monoisotopic (exact) mass is 292 g/mol. The number of hydrogen-bond acceptors (Lipinski definition) is 3. The van der Waals surface area contributed by atoms with E-state index >= 15 is 0 Å². The Bertz CT molecular complexity index is 803. The van der Waals surface area contributed by atoms with Crippen LogP contribution in [0.5, 0.6) is 0 Å². The van der Waals surface area contributed by atoms with Gasteiger partial charge in [0.05, 0.1) is 5.54 Å². The second-order valence-electron chi connectivity index (χ2n) is 5.02. The van der Waals surface area contributed by atoms with Crippen LogP contribution in [0.15, 0.2) is 40.1 Å². The number of aromatic carboxylic acids is 1. The molecule has 0 unspecified atom stereocenters. The summed E-state index contributed by atoms with van der Waals surface area (Å²) in [7, 11) is 0. The minimum Gasteiger partial charge on any atom is -0.477 e. The van der Waals surface area contributed by atoms with Gasteiger partial charge in [0, 0.05) is 6.20 Å². The zero-order chi connectivity index (χ0) is 15.8. The maximum absolute atomic E-state index is 13.0. The maximum Gasteiger partial charge on any atom is 0.342 e. The van der Waals surface area contributed by atoms with Crippen LogP contribution < -0.4 is 11.2 Å². The Morgan fingerprint density at radius 2 is 1.81 bits per heavy atom. The molecule has 0 aliphatic heterocycles. The molecular weight excluding hydrogens is 279 g/mol. The maximum atomic E-state index is 13.0. The standard InChI is InChI=1S/C14H13FN2O4/c1-14(2,8-3-5-9(15)6-4-8)17-11(18)10(12(19)20)7-16-13(17)21/h3-7H,1-2H3,(H,16,21)(H,19,20). The number of nitrogens with zero attached hydrogens (tertiary/aromatic N) is 1. The Kier molecular flexibility index (Phi) is 3.51. The summed E-state index contributed by atoms with van der Waals surface area (Å²) in [5, 5.41) is 8.97. The molecule has 6 nitrogen and oxygen atoms in total. The lowest BCUT2D eigenvalue weighted by atomic mass is 9.93. The first-order valence-electron chi connectivity index (χ1n) is 6.09. The van der Waals surface area contributed by atoms with Crippen LogP contribution in [0.3, 0.4) is 0 Å². The number of carbonyl (C=O) groups is 1. The molecule has 0 aliphatic carbocycles. The quantitative estimate of drug-likeness (QED) is 0.887. The van der Waals surface area contributed by atoms with E-state index < -0.39 is 34.1 Å². The molecule has 0 saturated heterocycles. The molecule has 0 saturated carbocycles. The number of benzene rings is 1. The highest BCUT2D eigenvalue weighted by atomic mass is 19.1. The van der Waals surface area contributed by atoms with E-state index in [0.29, 0.717) is 5.56 Å². The van der Waals surface area contributed by atoms with Gasteiger partial charge in [-0.15, -0.1) is 0 Å². The van der Waals surface area contributed by atoms with E-state index in [-0.39, 0.29) is 0 Å². The number of halogens is 1. The van der Waals surface area contributed by atoms with E-state index in [1.807, 2.05) is 0 Å². The Balaban J connectivity index is 2.73. The zero-order valence-corrected chi connectivity index (χ0v) is 11.4. The average Bonchev–Trinajstić information content (AvgIpc) is 2.38. The predicted octanol–water partition coefficient (Wildman–Crippen LogP) is 1.16. The molecule has 110 valence electrons. The number of nitrogens with one attached hydrogen (secondary N) is 1. The summed E-state index contributed by atoms with van der Waals surface area (Å²) in [5.41, 5.74) is -2.83. The summed E-state index contributed by atoms with van der Waals surface area (Å²) in [6.07, 6.45) is 0.865. The molecular formula is C14H13FN2O4. The van der Waals surface area contributed by atoms with Crippen LogP contribution in [0.1, 0.15) is 29.8 Å². The second kappa shape index (κ2) is 5.01. The minimum atomic E-state index is -1.43. The summed E-state index contributed by atoms with van der Waals surface area (Å²) in [5.74, 6) is -1.88. The third-order valence-corrected chi connectivity index (χ3v) is 3.32. The van der Waals surface area contributed by atoms with Crippen LogP contribution in [-0.4, -0.2) is 20.6 Å². The fraction of sp³-hybridized carbons (Fsp3) is 0.214. The molecule has 0 fully saturated rings. The van der Waals surface area contributed by atoms with Gasteiger partial charge >= 0.3 is 11.7 Å². The predicted molar refractivity (Wildman–Crippen MR) is 73.1 cm³/mol. The van der Waals surface area contributed by atoms with Gasteiger partial charge in [-0.25, -0.2) is 18.5 Å². The molecule has 1 heterocycles. The fourth-order valence-electron chi connectivity index (χ4n) is 2.12. The molecule has 0 aliphatic rings. The lowest BCUT2D eigenvalue weighted by molar-refractivity contribution is 0.0693. The summed E-state index contributed by atoms with van der Waals surface area (Å²) >= 11 is 0. The summed E-state index contributed by atoms with van der Waals surface area (Å²) < 4.78 is 13.8. The molecule has 0 amide bonds. The first-order chi connectivity index (χ1) is 9.75. The van der Waals surface area contributed by atoms with Crippen molar-refractivity contribution in [2.75, 3.05) is 0 Å². The number of carboxylic acids is 1. The van der Waals surface area contributed by atoms with Crippen LogP contribution in [0, 0.1) is 5.82 Å². The molecule has 1 aromatic heterocycles. The number of aromatic amines is 1. The number of rotatable bonds is 3. The molecule has 2 rings (SSSR count). The third-order valence-electron chi connectivity index (χ3n) is 3.32. The van der Waals surface area contributed by atoms with E-state index in [1.165, 1.54) is 24.3 Å². The van der Waals surface area contributed by atoms with Gasteiger partial charge in [0.15, 0.2) is 0 Å². The van der Waals surface area contributed by atoms with Crippen molar-refractivity contribution in [1.82, 2.24) is 9.55 Å². The van der Waals surface area contributed by atoms with Gasteiger partial charge in [-0.2, -0.15) is 0 Å².